The number of hydrogen-bond donors (Lipinski definition) is 3. The summed E-state index contributed by atoms with van der Waals surface area (Å²) >= 11 is 2.31. The lowest BCUT2D eigenvalue weighted by molar-refractivity contribution is -0.155. The van der Waals surface area contributed by atoms with Crippen LogP contribution < -0.4 is 5.73 Å². The van der Waals surface area contributed by atoms with E-state index in [0.717, 1.165) is 28.4 Å². The first-order valence-corrected chi connectivity index (χ1v) is 7.82. The summed E-state index contributed by atoms with van der Waals surface area (Å²) in [6.07, 6.45) is -1.68. The first-order valence-electron chi connectivity index (χ1n) is 6.02. The second-order valence-electron chi connectivity index (χ2n) is 4.49. The van der Waals surface area contributed by atoms with Crippen LogP contribution in [-0.4, -0.2) is 56.4 Å². The van der Waals surface area contributed by atoms with Gasteiger partial charge in [0.1, 0.15) is 11.5 Å². The van der Waals surface area contributed by atoms with Gasteiger partial charge in [0.25, 0.3) is 0 Å². The maximum Gasteiger partial charge on any atom is 0.404 e. The Labute approximate surface area is 128 Å². The highest BCUT2D eigenvalue weighted by molar-refractivity contribution is 8.23. The molecule has 0 saturated carbocycles. The first-order chi connectivity index (χ1) is 9.79. The van der Waals surface area contributed by atoms with Crippen molar-refractivity contribution in [1.82, 2.24) is 4.90 Å². The highest BCUT2D eigenvalue weighted by Crippen LogP contribution is 2.59. The van der Waals surface area contributed by atoms with Gasteiger partial charge in [-0.15, -0.1) is 11.8 Å². The number of β-lactam (4-membered cyclic amide) rings is 1. The SMILES string of the molecule is CC(O)[C@@]12CC(=O)N1C(C(=O)O)=C(SCCOC(N)=O)S2. The number of thioether (sulfide) groups is 2. The van der Waals surface area contributed by atoms with Crippen LogP contribution >= 0.6 is 23.5 Å². The van der Waals surface area contributed by atoms with Gasteiger partial charge in [0, 0.05) is 5.75 Å². The number of carboxylic acid groups (broad SMARTS) is 1. The third-order valence-electron chi connectivity index (χ3n) is 3.13. The Kier molecular flexibility index (Phi) is 4.40. The lowest BCUT2D eigenvalue weighted by atomic mass is 9.95. The van der Waals surface area contributed by atoms with Gasteiger partial charge in [-0.1, -0.05) is 11.8 Å². The van der Waals surface area contributed by atoms with E-state index < -0.39 is 23.0 Å². The number of amides is 2. The third kappa shape index (κ3) is 2.70. The molecule has 4 N–H and O–H groups in total. The predicted octanol–water partition coefficient (Wildman–Crippen LogP) is 0.125. The maximum atomic E-state index is 11.7. The molecule has 0 spiro atoms. The number of hydrogen-bond acceptors (Lipinski definition) is 7. The molecule has 8 nitrogen and oxygen atoms in total. The lowest BCUT2D eigenvalue weighted by Gasteiger charge is -2.48. The van der Waals surface area contributed by atoms with E-state index in [4.69, 9.17) is 5.73 Å². The van der Waals surface area contributed by atoms with Crippen molar-refractivity contribution >= 4 is 41.5 Å². The molecular weight excluding hydrogens is 320 g/mol. The van der Waals surface area contributed by atoms with Crippen LogP contribution in [-0.2, 0) is 14.3 Å². The van der Waals surface area contributed by atoms with Crippen LogP contribution in [0.4, 0.5) is 4.79 Å². The lowest BCUT2D eigenvalue weighted by Crippen LogP contribution is -2.64. The van der Waals surface area contributed by atoms with Crippen LogP contribution in [0, 0.1) is 0 Å². The maximum absolute atomic E-state index is 11.7. The average Bonchev–Trinajstić information content (AvgIpc) is 2.64. The van der Waals surface area contributed by atoms with Crippen molar-refractivity contribution in [3.63, 3.8) is 0 Å². The van der Waals surface area contributed by atoms with Crippen LogP contribution in [0.25, 0.3) is 0 Å². The molecule has 0 radical (unpaired) electrons. The molecule has 2 amide bonds. The van der Waals surface area contributed by atoms with Crippen LogP contribution in [0.1, 0.15) is 13.3 Å². The molecule has 2 rings (SSSR count). The van der Waals surface area contributed by atoms with Gasteiger partial charge in [0.15, 0.2) is 5.70 Å². The highest BCUT2D eigenvalue weighted by Gasteiger charge is 2.62. The molecule has 0 aromatic carbocycles. The summed E-state index contributed by atoms with van der Waals surface area (Å²) in [5.74, 6) is -1.25. The highest BCUT2D eigenvalue weighted by atomic mass is 32.2. The zero-order valence-corrected chi connectivity index (χ0v) is 12.7. The fourth-order valence-corrected chi connectivity index (χ4v) is 5.00. The summed E-state index contributed by atoms with van der Waals surface area (Å²) < 4.78 is 4.99. The van der Waals surface area contributed by atoms with E-state index in [-0.39, 0.29) is 24.6 Å². The van der Waals surface area contributed by atoms with E-state index in [1.54, 1.807) is 0 Å². The van der Waals surface area contributed by atoms with Crippen LogP contribution in [0.3, 0.4) is 0 Å². The van der Waals surface area contributed by atoms with E-state index in [1.807, 2.05) is 0 Å². The number of ether oxygens (including phenoxy) is 1. The van der Waals surface area contributed by atoms with Gasteiger partial charge in [-0.25, -0.2) is 9.59 Å². The molecule has 1 fully saturated rings. The van der Waals surface area contributed by atoms with Crippen molar-refractivity contribution in [2.75, 3.05) is 12.4 Å². The molecule has 2 aliphatic heterocycles. The molecule has 1 unspecified atom stereocenters. The number of primary amides is 1. The quantitative estimate of drug-likeness (QED) is 0.461. The number of aliphatic hydroxyl groups is 1. The Morgan fingerprint density at radius 2 is 2.29 bits per heavy atom. The number of nitrogens with two attached hydrogens (primary N) is 1. The van der Waals surface area contributed by atoms with Crippen molar-refractivity contribution in [3.05, 3.63) is 9.93 Å². The number of nitrogens with zero attached hydrogens (tertiary/aromatic N) is 1. The number of carbonyl (C=O) groups is 3. The monoisotopic (exact) mass is 334 g/mol. The number of aliphatic carboxylic acids is 1. The Balaban J connectivity index is 2.13. The minimum Gasteiger partial charge on any atom is -0.477 e. The fourth-order valence-electron chi connectivity index (χ4n) is 2.17. The average molecular weight is 334 g/mol. The topological polar surface area (TPSA) is 130 Å². The smallest absolute Gasteiger partial charge is 0.404 e. The summed E-state index contributed by atoms with van der Waals surface area (Å²) in [6, 6.07) is 0. The van der Waals surface area contributed by atoms with Gasteiger partial charge in [-0.3, -0.25) is 9.69 Å². The zero-order valence-electron chi connectivity index (χ0n) is 11.1. The van der Waals surface area contributed by atoms with Gasteiger partial charge < -0.3 is 20.7 Å². The number of carbonyl (C=O) groups excluding carboxylic acids is 2. The van der Waals surface area contributed by atoms with E-state index >= 15 is 0 Å². The van der Waals surface area contributed by atoms with Gasteiger partial charge in [0.2, 0.25) is 5.91 Å². The van der Waals surface area contributed by atoms with Crippen LogP contribution in [0.15, 0.2) is 9.93 Å². The number of fused-ring (bicyclic) bond motifs is 1. The predicted molar refractivity (Wildman–Crippen MR) is 76.1 cm³/mol. The molecule has 10 heteroatoms. The van der Waals surface area contributed by atoms with E-state index in [9.17, 15) is 24.6 Å². The molecule has 1 saturated heterocycles. The normalized spacial score (nSPS) is 25.4. The first kappa shape index (κ1) is 16.0. The second kappa shape index (κ2) is 5.78. The van der Waals surface area contributed by atoms with E-state index in [2.05, 4.69) is 4.74 Å². The van der Waals surface area contributed by atoms with Crippen LogP contribution in [0.2, 0.25) is 0 Å². The number of carboxylic acids is 1. The van der Waals surface area contributed by atoms with Crippen molar-refractivity contribution in [3.8, 4) is 0 Å². The summed E-state index contributed by atoms with van der Waals surface area (Å²) in [6.45, 7) is 1.56. The fraction of sp³-hybridized carbons (Fsp3) is 0.545. The van der Waals surface area contributed by atoms with Crippen molar-refractivity contribution < 1.29 is 29.3 Å². The van der Waals surface area contributed by atoms with E-state index in [0.29, 0.717) is 9.99 Å². The molecular formula is C11H14N2O6S2. The third-order valence-corrected chi connectivity index (χ3v) is 5.97. The minimum atomic E-state index is -1.23. The molecule has 116 valence electrons. The molecule has 21 heavy (non-hydrogen) atoms. The Bertz CT molecular complexity index is 535. The van der Waals surface area contributed by atoms with Gasteiger partial charge >= 0.3 is 12.1 Å². The van der Waals surface area contributed by atoms with Crippen molar-refractivity contribution in [2.24, 2.45) is 5.73 Å². The van der Waals surface area contributed by atoms with Crippen molar-refractivity contribution in [1.29, 1.82) is 0 Å². The van der Waals surface area contributed by atoms with Crippen molar-refractivity contribution in [2.45, 2.75) is 24.3 Å². The molecule has 0 aromatic heterocycles. The largest absolute Gasteiger partial charge is 0.477 e. The molecule has 2 aliphatic rings. The molecule has 0 aliphatic carbocycles. The molecule has 0 bridgehead atoms. The summed E-state index contributed by atoms with van der Waals surface area (Å²) in [7, 11) is 0. The molecule has 0 aromatic rings. The van der Waals surface area contributed by atoms with Gasteiger partial charge in [-0.05, 0) is 6.92 Å². The second-order valence-corrected chi connectivity index (χ2v) is 7.17. The number of rotatable bonds is 6. The summed E-state index contributed by atoms with van der Waals surface area (Å²) in [4.78, 5) is 33.8. The Morgan fingerprint density at radius 3 is 2.76 bits per heavy atom. The number of aliphatic hydroxyl groups excluding tert-OH is 1. The van der Waals surface area contributed by atoms with E-state index in [1.165, 1.54) is 6.92 Å². The zero-order chi connectivity index (χ0) is 15.8. The minimum absolute atomic E-state index is 0.0343. The van der Waals surface area contributed by atoms with Crippen LogP contribution in [0.5, 0.6) is 0 Å². The Morgan fingerprint density at radius 1 is 1.62 bits per heavy atom. The molecule has 2 atom stereocenters. The molecule has 2 heterocycles. The summed E-state index contributed by atoms with van der Waals surface area (Å²) in [5, 5.41) is 19.2. The standard InChI is InChI=1S/C11H14N2O6S2/c1-5(14)11-4-6(15)13(11)7(8(16)17)9(21-11)20-3-2-19-10(12)18/h5,14H,2-4H2,1H3,(H2,12,18)(H,16,17)/t5?,11-/m0/s1. The van der Waals surface area contributed by atoms with Gasteiger partial charge in [0.05, 0.1) is 16.8 Å². The summed E-state index contributed by atoms with van der Waals surface area (Å²) in [5.41, 5.74) is 4.70. The Hall–Kier alpha value is -1.39. The van der Waals surface area contributed by atoms with Gasteiger partial charge in [-0.2, -0.15) is 0 Å².